The molecule has 5 nitrogen and oxygen atoms in total. The molecule has 1 saturated heterocycles. The van der Waals surface area contributed by atoms with Gasteiger partial charge in [0, 0.05) is 36.5 Å². The van der Waals surface area contributed by atoms with Crippen LogP contribution < -0.4 is 9.64 Å². The average Bonchev–Trinajstić information content (AvgIpc) is 3.07. The zero-order valence-electron chi connectivity index (χ0n) is 20.2. The van der Waals surface area contributed by atoms with E-state index in [9.17, 15) is 4.79 Å². The summed E-state index contributed by atoms with van der Waals surface area (Å²) in [6.07, 6.45) is 5.08. The number of ether oxygens (including phenoxy) is 1. The van der Waals surface area contributed by atoms with E-state index in [0.717, 1.165) is 34.7 Å². The zero-order valence-corrected chi connectivity index (χ0v) is 21.0. The van der Waals surface area contributed by atoms with Crippen LogP contribution >= 0.6 is 11.8 Å². The van der Waals surface area contributed by atoms with Gasteiger partial charge in [0.05, 0.1) is 23.2 Å². The maximum Gasteiger partial charge on any atom is 0.266 e. The second-order valence-corrected chi connectivity index (χ2v) is 9.96. The Bertz CT molecular complexity index is 1170. The first-order chi connectivity index (χ1) is 15.7. The molecule has 1 fully saturated rings. The molecule has 2 aliphatic rings. The van der Waals surface area contributed by atoms with Crippen molar-refractivity contribution in [1.82, 2.24) is 4.90 Å². The summed E-state index contributed by atoms with van der Waals surface area (Å²) in [5, 5.41) is 0.716. The molecule has 1 amide bonds. The lowest BCUT2D eigenvalue weighted by Crippen LogP contribution is -2.42. The van der Waals surface area contributed by atoms with Gasteiger partial charge >= 0.3 is 0 Å². The van der Waals surface area contributed by atoms with E-state index in [1.165, 1.54) is 17.3 Å². The van der Waals surface area contributed by atoms with Crippen molar-refractivity contribution in [2.24, 2.45) is 4.99 Å². The summed E-state index contributed by atoms with van der Waals surface area (Å²) in [5.41, 5.74) is 5.16. The number of hydrogen-bond acceptors (Lipinski definition) is 5. The normalized spacial score (nSPS) is 19.8. The molecular weight excluding hydrogens is 430 g/mol. The number of amidine groups is 1. The Labute approximate surface area is 200 Å². The SMILES string of the molecule is CCCN1C(=O)/C(=C\c2cc3c(cc2OC)N(C)C(C)(C)C=C3C)SC1=Nc1ccccc1. The number of benzene rings is 2. The molecule has 2 heterocycles. The van der Waals surface area contributed by atoms with E-state index in [2.05, 4.69) is 57.9 Å². The van der Waals surface area contributed by atoms with Crippen LogP contribution in [-0.2, 0) is 4.79 Å². The van der Waals surface area contributed by atoms with Crippen molar-refractivity contribution in [2.75, 3.05) is 25.6 Å². The Morgan fingerprint density at radius 1 is 1.18 bits per heavy atom. The van der Waals surface area contributed by atoms with Crippen molar-refractivity contribution in [1.29, 1.82) is 0 Å². The summed E-state index contributed by atoms with van der Waals surface area (Å²) in [6, 6.07) is 14.0. The Morgan fingerprint density at radius 3 is 2.58 bits per heavy atom. The number of amides is 1. The quantitative estimate of drug-likeness (QED) is 0.487. The van der Waals surface area contributed by atoms with E-state index in [4.69, 9.17) is 9.73 Å². The summed E-state index contributed by atoms with van der Waals surface area (Å²) in [4.78, 5) is 22.7. The van der Waals surface area contributed by atoms with Crippen LogP contribution in [0.5, 0.6) is 5.75 Å². The van der Waals surface area contributed by atoms with E-state index in [0.29, 0.717) is 16.6 Å². The predicted octanol–water partition coefficient (Wildman–Crippen LogP) is 6.34. The smallest absolute Gasteiger partial charge is 0.266 e. The summed E-state index contributed by atoms with van der Waals surface area (Å²) in [5.74, 6) is 0.740. The number of rotatable bonds is 5. The minimum Gasteiger partial charge on any atom is -0.496 e. The summed E-state index contributed by atoms with van der Waals surface area (Å²) < 4.78 is 5.75. The highest BCUT2D eigenvalue weighted by molar-refractivity contribution is 8.18. The first kappa shape index (κ1) is 23.2. The van der Waals surface area contributed by atoms with Crippen LogP contribution in [0.25, 0.3) is 11.6 Å². The first-order valence-electron chi connectivity index (χ1n) is 11.3. The van der Waals surface area contributed by atoms with Gasteiger partial charge in [-0.1, -0.05) is 31.2 Å². The number of carbonyl (C=O) groups is 1. The highest BCUT2D eigenvalue weighted by Crippen LogP contribution is 2.43. The molecule has 0 saturated carbocycles. The fourth-order valence-electron chi connectivity index (χ4n) is 4.25. The monoisotopic (exact) mass is 461 g/mol. The van der Waals surface area contributed by atoms with E-state index < -0.39 is 0 Å². The zero-order chi connectivity index (χ0) is 23.8. The molecule has 33 heavy (non-hydrogen) atoms. The van der Waals surface area contributed by atoms with Crippen LogP contribution in [0.2, 0.25) is 0 Å². The van der Waals surface area contributed by atoms with Crippen molar-refractivity contribution in [3.63, 3.8) is 0 Å². The third-order valence-electron chi connectivity index (χ3n) is 6.17. The van der Waals surface area contributed by atoms with Crippen molar-refractivity contribution in [3.05, 3.63) is 64.6 Å². The highest BCUT2D eigenvalue weighted by atomic mass is 32.2. The van der Waals surface area contributed by atoms with Gasteiger partial charge in [-0.05, 0) is 68.8 Å². The number of thioether (sulfide) groups is 1. The van der Waals surface area contributed by atoms with Crippen molar-refractivity contribution >= 4 is 45.9 Å². The Kier molecular flexibility index (Phi) is 6.39. The van der Waals surface area contributed by atoms with Gasteiger partial charge in [0.1, 0.15) is 5.75 Å². The van der Waals surface area contributed by atoms with Crippen LogP contribution in [0.1, 0.15) is 45.2 Å². The molecule has 2 aromatic carbocycles. The molecule has 0 unspecified atom stereocenters. The Balaban J connectivity index is 1.76. The predicted molar refractivity (Wildman–Crippen MR) is 140 cm³/mol. The maximum absolute atomic E-state index is 13.3. The second-order valence-electron chi connectivity index (χ2n) is 8.95. The largest absolute Gasteiger partial charge is 0.496 e. The number of hydrogen-bond donors (Lipinski definition) is 0. The minimum absolute atomic E-state index is 0.0122. The number of aliphatic imine (C=N–C) groups is 1. The third-order valence-corrected chi connectivity index (χ3v) is 7.18. The number of para-hydroxylation sites is 1. The summed E-state index contributed by atoms with van der Waals surface area (Å²) >= 11 is 1.42. The maximum atomic E-state index is 13.3. The molecule has 172 valence electrons. The van der Waals surface area contributed by atoms with Gasteiger partial charge in [0.2, 0.25) is 0 Å². The number of anilines is 1. The Hall–Kier alpha value is -2.99. The number of carbonyl (C=O) groups excluding carboxylic acids is 1. The van der Waals surface area contributed by atoms with Crippen LogP contribution in [0.4, 0.5) is 11.4 Å². The van der Waals surface area contributed by atoms with E-state index >= 15 is 0 Å². The van der Waals surface area contributed by atoms with Crippen LogP contribution in [-0.4, -0.2) is 42.2 Å². The lowest BCUT2D eigenvalue weighted by atomic mass is 9.88. The van der Waals surface area contributed by atoms with E-state index in [-0.39, 0.29) is 11.4 Å². The molecule has 6 heteroatoms. The molecule has 0 N–H and O–H groups in total. The van der Waals surface area contributed by atoms with Crippen LogP contribution in [0.3, 0.4) is 0 Å². The summed E-state index contributed by atoms with van der Waals surface area (Å²) in [7, 11) is 3.78. The third kappa shape index (κ3) is 4.44. The lowest BCUT2D eigenvalue weighted by molar-refractivity contribution is -0.122. The average molecular weight is 462 g/mol. The van der Waals surface area contributed by atoms with Crippen molar-refractivity contribution < 1.29 is 9.53 Å². The highest BCUT2D eigenvalue weighted by Gasteiger charge is 2.34. The number of nitrogens with zero attached hydrogens (tertiary/aromatic N) is 3. The molecule has 0 bridgehead atoms. The van der Waals surface area contributed by atoms with Gasteiger partial charge in [0.25, 0.3) is 5.91 Å². The molecule has 2 aliphatic heterocycles. The number of fused-ring (bicyclic) bond motifs is 1. The Morgan fingerprint density at radius 2 is 1.91 bits per heavy atom. The second kappa shape index (κ2) is 9.10. The molecule has 0 spiro atoms. The van der Waals surface area contributed by atoms with Gasteiger partial charge < -0.3 is 9.64 Å². The van der Waals surface area contributed by atoms with Gasteiger partial charge in [-0.15, -0.1) is 0 Å². The molecule has 2 aromatic rings. The number of methoxy groups -OCH3 is 1. The minimum atomic E-state index is -0.0806. The standard InChI is InChI=1S/C27H31N3O2S/c1-7-13-30-25(31)24(33-26(30)28-20-11-9-8-10-12-20)15-19-14-21-18(2)17-27(3,4)29(5)22(21)16-23(19)32-6/h8-12,14-17H,7,13H2,1-6H3/b24-15+,28-26?. The van der Waals surface area contributed by atoms with E-state index in [1.54, 1.807) is 12.0 Å². The topological polar surface area (TPSA) is 45.1 Å². The van der Waals surface area contributed by atoms with Gasteiger partial charge in [-0.25, -0.2) is 4.99 Å². The fraction of sp³-hybridized carbons (Fsp3) is 0.333. The molecule has 0 atom stereocenters. The lowest BCUT2D eigenvalue weighted by Gasteiger charge is -2.41. The van der Waals surface area contributed by atoms with Gasteiger partial charge in [0.15, 0.2) is 5.17 Å². The van der Waals surface area contributed by atoms with Crippen molar-refractivity contribution in [3.8, 4) is 5.75 Å². The van der Waals surface area contributed by atoms with E-state index in [1.807, 2.05) is 36.4 Å². The summed E-state index contributed by atoms with van der Waals surface area (Å²) in [6.45, 7) is 9.24. The number of likely N-dealkylation sites (N-methyl/N-ethyl adjacent to an activating group) is 1. The molecule has 0 radical (unpaired) electrons. The number of allylic oxidation sites excluding steroid dienone is 1. The molecule has 4 rings (SSSR count). The van der Waals surface area contributed by atoms with Crippen molar-refractivity contribution in [2.45, 2.75) is 39.7 Å². The van der Waals surface area contributed by atoms with Gasteiger partial charge in [-0.2, -0.15) is 0 Å². The van der Waals surface area contributed by atoms with Crippen LogP contribution in [0.15, 0.2) is 58.4 Å². The van der Waals surface area contributed by atoms with Gasteiger partial charge in [-0.3, -0.25) is 9.69 Å². The molecule has 0 aromatic heterocycles. The molecule has 0 aliphatic carbocycles. The van der Waals surface area contributed by atoms with Crippen LogP contribution in [0, 0.1) is 0 Å². The fourth-order valence-corrected chi connectivity index (χ4v) is 5.27. The first-order valence-corrected chi connectivity index (χ1v) is 12.1. The molecular formula is C27H31N3O2S.